The van der Waals surface area contributed by atoms with E-state index in [1.165, 1.54) is 0 Å². The Morgan fingerprint density at radius 3 is 1.12 bits per heavy atom. The standard InChI is InChI=1S/C40H38O2/c1-39(2,3)29-19-17-27-21-31(25-13-9-7-10-14-25)35(37(41)33(27)23-29)36-32(26-15-11-8-12-16-26)22-28-18-20-30(40(4,5)6)24-34(28)38(36)42/h7-24,41-42H,1-6H3. The third kappa shape index (κ3) is 4.81. The molecule has 0 unspecified atom stereocenters. The third-order valence-corrected chi connectivity index (χ3v) is 8.38. The zero-order chi connectivity index (χ0) is 29.8. The SMILES string of the molecule is CC(C)(C)c1ccc2cc(-c3ccccc3)c(-c3c(-c4ccccc4)cc4ccc(C(C)(C)C)cc4c3O)c(O)c2c1. The quantitative estimate of drug-likeness (QED) is 0.230. The fourth-order valence-electron chi connectivity index (χ4n) is 5.88. The van der Waals surface area contributed by atoms with Crippen molar-refractivity contribution in [1.29, 1.82) is 0 Å². The first-order valence-corrected chi connectivity index (χ1v) is 14.6. The minimum Gasteiger partial charge on any atom is -0.507 e. The molecule has 0 saturated carbocycles. The van der Waals surface area contributed by atoms with Gasteiger partial charge in [0.05, 0.1) is 0 Å². The summed E-state index contributed by atoms with van der Waals surface area (Å²) in [6.07, 6.45) is 0. The van der Waals surface area contributed by atoms with E-state index in [1.807, 2.05) is 36.4 Å². The highest BCUT2D eigenvalue weighted by Gasteiger charge is 2.26. The number of fused-ring (bicyclic) bond motifs is 2. The average molecular weight is 551 g/mol. The van der Waals surface area contributed by atoms with E-state index in [-0.39, 0.29) is 22.3 Å². The molecule has 6 rings (SSSR count). The largest absolute Gasteiger partial charge is 0.507 e. The molecule has 2 nitrogen and oxygen atoms in total. The molecule has 0 aliphatic heterocycles. The predicted octanol–water partition coefficient (Wildman–Crippen LogP) is 11.0. The summed E-state index contributed by atoms with van der Waals surface area (Å²) in [5, 5.41) is 28.0. The summed E-state index contributed by atoms with van der Waals surface area (Å²) >= 11 is 0. The normalized spacial score (nSPS) is 12.2. The minimum atomic E-state index is -0.0808. The van der Waals surface area contributed by atoms with E-state index in [0.29, 0.717) is 11.1 Å². The van der Waals surface area contributed by atoms with Crippen LogP contribution < -0.4 is 0 Å². The van der Waals surface area contributed by atoms with Crippen LogP contribution in [-0.4, -0.2) is 10.2 Å². The maximum atomic E-state index is 12.3. The molecule has 0 bridgehead atoms. The van der Waals surface area contributed by atoms with Gasteiger partial charge in [0.15, 0.2) is 0 Å². The second-order valence-corrected chi connectivity index (χ2v) is 13.4. The summed E-state index contributed by atoms with van der Waals surface area (Å²) in [6, 6.07) is 37.3. The smallest absolute Gasteiger partial charge is 0.132 e. The van der Waals surface area contributed by atoms with E-state index in [1.54, 1.807) is 0 Å². The number of rotatable bonds is 3. The Bertz CT molecular complexity index is 1790. The van der Waals surface area contributed by atoms with Gasteiger partial charge in [-0.15, -0.1) is 0 Å². The monoisotopic (exact) mass is 550 g/mol. The van der Waals surface area contributed by atoms with Crippen molar-refractivity contribution < 1.29 is 10.2 Å². The van der Waals surface area contributed by atoms with Gasteiger partial charge in [0.25, 0.3) is 0 Å². The first-order valence-electron chi connectivity index (χ1n) is 14.6. The van der Waals surface area contributed by atoms with Crippen molar-refractivity contribution in [3.8, 4) is 44.9 Å². The Hall–Kier alpha value is -4.56. The van der Waals surface area contributed by atoms with Crippen molar-refractivity contribution in [2.45, 2.75) is 52.4 Å². The number of hydrogen-bond acceptors (Lipinski definition) is 2. The molecule has 2 N–H and O–H groups in total. The number of phenolic OH excluding ortho intramolecular Hbond substituents is 2. The van der Waals surface area contributed by atoms with Crippen LogP contribution in [0.25, 0.3) is 54.9 Å². The van der Waals surface area contributed by atoms with E-state index in [9.17, 15) is 10.2 Å². The van der Waals surface area contributed by atoms with Crippen molar-refractivity contribution in [1.82, 2.24) is 0 Å². The molecule has 0 radical (unpaired) electrons. The van der Waals surface area contributed by atoms with E-state index >= 15 is 0 Å². The van der Waals surface area contributed by atoms with Crippen LogP contribution in [-0.2, 0) is 10.8 Å². The molecular formula is C40H38O2. The van der Waals surface area contributed by atoms with Gasteiger partial charge in [-0.1, -0.05) is 126 Å². The summed E-state index contributed by atoms with van der Waals surface area (Å²) in [4.78, 5) is 0. The molecule has 2 heteroatoms. The van der Waals surface area contributed by atoms with Crippen LogP contribution in [0, 0.1) is 0 Å². The van der Waals surface area contributed by atoms with Crippen LogP contribution >= 0.6 is 0 Å². The lowest BCUT2D eigenvalue weighted by molar-refractivity contribution is 0.475. The second kappa shape index (κ2) is 10.1. The molecule has 210 valence electrons. The molecule has 0 aromatic heterocycles. The van der Waals surface area contributed by atoms with Crippen LogP contribution in [0.1, 0.15) is 52.7 Å². The van der Waals surface area contributed by atoms with Gasteiger partial charge in [-0.05, 0) is 79.2 Å². The molecule has 6 aromatic rings. The van der Waals surface area contributed by atoms with Gasteiger partial charge < -0.3 is 10.2 Å². The molecule has 6 aromatic carbocycles. The lowest BCUT2D eigenvalue weighted by Crippen LogP contribution is -2.10. The summed E-state index contributed by atoms with van der Waals surface area (Å²) < 4.78 is 0. The van der Waals surface area contributed by atoms with Gasteiger partial charge in [0, 0.05) is 21.9 Å². The van der Waals surface area contributed by atoms with Gasteiger partial charge >= 0.3 is 0 Å². The fourth-order valence-corrected chi connectivity index (χ4v) is 5.88. The molecule has 0 saturated heterocycles. The van der Waals surface area contributed by atoms with Gasteiger partial charge in [0.2, 0.25) is 0 Å². The zero-order valence-corrected chi connectivity index (χ0v) is 25.3. The molecule has 0 aliphatic rings. The zero-order valence-electron chi connectivity index (χ0n) is 25.3. The summed E-state index contributed by atoms with van der Waals surface area (Å²) in [5.74, 6) is 0.354. The van der Waals surface area contributed by atoms with Gasteiger partial charge in [0.1, 0.15) is 11.5 Å². The highest BCUT2D eigenvalue weighted by Crippen LogP contribution is 2.52. The number of aromatic hydroxyl groups is 2. The molecule has 0 fully saturated rings. The highest BCUT2D eigenvalue weighted by molar-refractivity contribution is 6.10. The minimum absolute atomic E-state index is 0.0808. The first-order chi connectivity index (χ1) is 19.9. The van der Waals surface area contributed by atoms with Gasteiger partial charge in [-0.3, -0.25) is 0 Å². The number of hydrogen-bond donors (Lipinski definition) is 2. The average Bonchev–Trinajstić information content (AvgIpc) is 2.97. The number of benzene rings is 6. The van der Waals surface area contributed by atoms with Crippen LogP contribution in [0.5, 0.6) is 11.5 Å². The molecule has 42 heavy (non-hydrogen) atoms. The van der Waals surface area contributed by atoms with Crippen LogP contribution in [0.15, 0.2) is 109 Å². The summed E-state index contributed by atoms with van der Waals surface area (Å²) in [7, 11) is 0. The molecular weight excluding hydrogens is 512 g/mol. The Balaban J connectivity index is 1.80. The predicted molar refractivity (Wildman–Crippen MR) is 178 cm³/mol. The summed E-state index contributed by atoms with van der Waals surface area (Å²) in [5.41, 5.74) is 7.11. The van der Waals surface area contributed by atoms with Gasteiger partial charge in [-0.25, -0.2) is 0 Å². The fraction of sp³-hybridized carbons (Fsp3) is 0.200. The topological polar surface area (TPSA) is 40.5 Å². The molecule has 0 heterocycles. The maximum absolute atomic E-state index is 12.3. The Kier molecular flexibility index (Phi) is 6.61. The van der Waals surface area contributed by atoms with E-state index in [4.69, 9.17) is 0 Å². The van der Waals surface area contributed by atoms with E-state index in [0.717, 1.165) is 54.9 Å². The van der Waals surface area contributed by atoms with Crippen molar-refractivity contribution in [2.75, 3.05) is 0 Å². The summed E-state index contributed by atoms with van der Waals surface area (Å²) in [6.45, 7) is 13.1. The van der Waals surface area contributed by atoms with Crippen molar-refractivity contribution in [3.05, 3.63) is 120 Å². The Morgan fingerprint density at radius 2 is 0.786 bits per heavy atom. The van der Waals surface area contributed by atoms with Gasteiger partial charge in [-0.2, -0.15) is 0 Å². The molecule has 0 amide bonds. The van der Waals surface area contributed by atoms with Crippen molar-refractivity contribution in [3.63, 3.8) is 0 Å². The molecule has 0 spiro atoms. The van der Waals surface area contributed by atoms with E-state index < -0.39 is 0 Å². The van der Waals surface area contributed by atoms with E-state index in [2.05, 4.69) is 114 Å². The van der Waals surface area contributed by atoms with Crippen molar-refractivity contribution in [2.24, 2.45) is 0 Å². The van der Waals surface area contributed by atoms with Crippen molar-refractivity contribution >= 4 is 21.5 Å². The Morgan fingerprint density at radius 1 is 0.429 bits per heavy atom. The third-order valence-electron chi connectivity index (χ3n) is 8.38. The van der Waals surface area contributed by atoms with Crippen LogP contribution in [0.4, 0.5) is 0 Å². The number of phenols is 2. The second-order valence-electron chi connectivity index (χ2n) is 13.4. The lowest BCUT2D eigenvalue weighted by Gasteiger charge is -2.24. The Labute approximate surface area is 248 Å². The van der Waals surface area contributed by atoms with Crippen LogP contribution in [0.3, 0.4) is 0 Å². The molecule has 0 aliphatic carbocycles. The first kappa shape index (κ1) is 27.6. The van der Waals surface area contributed by atoms with Crippen LogP contribution in [0.2, 0.25) is 0 Å². The highest BCUT2D eigenvalue weighted by atomic mass is 16.3. The maximum Gasteiger partial charge on any atom is 0.132 e. The molecule has 0 atom stereocenters. The lowest BCUT2D eigenvalue weighted by atomic mass is 9.81.